The van der Waals surface area contributed by atoms with Gasteiger partial charge in [0.25, 0.3) is 0 Å². The van der Waals surface area contributed by atoms with Gasteiger partial charge in [-0.05, 0) is 61.5 Å². The first kappa shape index (κ1) is 19.7. The Bertz CT molecular complexity index is 940. The molecule has 0 atom stereocenters. The second-order valence-corrected chi connectivity index (χ2v) is 8.10. The summed E-state index contributed by atoms with van der Waals surface area (Å²) in [7, 11) is 0. The van der Waals surface area contributed by atoms with E-state index in [4.69, 9.17) is 0 Å². The van der Waals surface area contributed by atoms with E-state index in [0.29, 0.717) is 13.0 Å². The summed E-state index contributed by atoms with van der Waals surface area (Å²) in [5.74, 6) is 0.137. The number of aryl methyl sites for hydroxylation is 1. The highest BCUT2D eigenvalue weighted by molar-refractivity contribution is 5.83. The fourth-order valence-corrected chi connectivity index (χ4v) is 4.30. The van der Waals surface area contributed by atoms with Gasteiger partial charge in [0.05, 0.1) is 0 Å². The van der Waals surface area contributed by atoms with Gasteiger partial charge in [-0.3, -0.25) is 9.69 Å². The molecule has 1 aliphatic rings. The second-order valence-electron chi connectivity index (χ2n) is 8.10. The third kappa shape index (κ3) is 5.27. The third-order valence-electron chi connectivity index (χ3n) is 5.96. The van der Waals surface area contributed by atoms with E-state index in [-0.39, 0.29) is 5.91 Å². The molecule has 2 N–H and O–H groups in total. The maximum atomic E-state index is 12.4. The Morgan fingerprint density at radius 1 is 0.931 bits per heavy atom. The van der Waals surface area contributed by atoms with Crippen molar-refractivity contribution >= 4 is 16.8 Å². The van der Waals surface area contributed by atoms with Crippen molar-refractivity contribution in [1.29, 1.82) is 0 Å². The first-order valence-corrected chi connectivity index (χ1v) is 10.9. The molecule has 4 heteroatoms. The third-order valence-corrected chi connectivity index (χ3v) is 5.96. The molecule has 0 saturated carbocycles. The van der Waals surface area contributed by atoms with Crippen molar-refractivity contribution in [2.45, 2.75) is 51.6 Å². The minimum atomic E-state index is 0.137. The normalized spacial score (nSPS) is 14.9. The number of carbonyl (C=O) groups is 1. The number of benzene rings is 2. The Balaban J connectivity index is 1.25. The predicted molar refractivity (Wildman–Crippen MR) is 119 cm³/mol. The monoisotopic (exact) mass is 389 g/mol. The number of hydrogen-bond donors (Lipinski definition) is 2. The molecule has 1 aromatic heterocycles. The molecule has 0 unspecified atom stereocenters. The van der Waals surface area contributed by atoms with E-state index in [1.807, 2.05) is 6.07 Å². The zero-order valence-corrected chi connectivity index (χ0v) is 17.1. The standard InChI is InChI=1S/C25H31N3O/c29-25(14-8-11-21-18-26-24-13-5-4-12-23(21)24)27-17-20-9-2-3-10-22(20)19-28-15-6-1-7-16-28/h2-5,9-10,12-13,18,26H,1,6-8,11,14-17,19H2,(H,27,29). The molecule has 29 heavy (non-hydrogen) atoms. The van der Waals surface area contributed by atoms with Crippen LogP contribution < -0.4 is 5.32 Å². The minimum Gasteiger partial charge on any atom is -0.361 e. The molecule has 152 valence electrons. The molecule has 0 bridgehead atoms. The number of carbonyl (C=O) groups excluding carboxylic acids is 1. The topological polar surface area (TPSA) is 48.1 Å². The summed E-state index contributed by atoms with van der Waals surface area (Å²) in [5, 5.41) is 4.39. The summed E-state index contributed by atoms with van der Waals surface area (Å²) < 4.78 is 0. The van der Waals surface area contributed by atoms with Crippen molar-refractivity contribution in [1.82, 2.24) is 15.2 Å². The molecule has 1 saturated heterocycles. The lowest BCUT2D eigenvalue weighted by atomic mass is 10.0. The minimum absolute atomic E-state index is 0.137. The van der Waals surface area contributed by atoms with Crippen molar-refractivity contribution in [2.24, 2.45) is 0 Å². The number of fused-ring (bicyclic) bond motifs is 1. The van der Waals surface area contributed by atoms with Crippen LogP contribution in [-0.2, 0) is 24.3 Å². The summed E-state index contributed by atoms with van der Waals surface area (Å²) in [6.07, 6.45) is 8.37. The van der Waals surface area contributed by atoms with Crippen LogP contribution in [0.25, 0.3) is 10.9 Å². The zero-order chi connectivity index (χ0) is 19.9. The van der Waals surface area contributed by atoms with E-state index in [0.717, 1.165) is 24.9 Å². The lowest BCUT2D eigenvalue weighted by molar-refractivity contribution is -0.121. The van der Waals surface area contributed by atoms with Gasteiger partial charge < -0.3 is 10.3 Å². The molecule has 2 heterocycles. The van der Waals surface area contributed by atoms with Gasteiger partial charge in [0.2, 0.25) is 5.91 Å². The van der Waals surface area contributed by atoms with Gasteiger partial charge in [0, 0.05) is 36.6 Å². The quantitative estimate of drug-likeness (QED) is 0.582. The van der Waals surface area contributed by atoms with Gasteiger partial charge in [0.1, 0.15) is 0 Å². The number of H-pyrrole nitrogens is 1. The Morgan fingerprint density at radius 3 is 2.55 bits per heavy atom. The van der Waals surface area contributed by atoms with E-state index in [1.165, 1.54) is 54.4 Å². The molecular weight excluding hydrogens is 358 g/mol. The van der Waals surface area contributed by atoms with Crippen LogP contribution in [0.3, 0.4) is 0 Å². The summed E-state index contributed by atoms with van der Waals surface area (Å²) in [4.78, 5) is 18.2. The molecule has 1 aliphatic heterocycles. The van der Waals surface area contributed by atoms with E-state index in [1.54, 1.807) is 0 Å². The predicted octanol–water partition coefficient (Wildman–Crippen LogP) is 4.79. The lowest BCUT2D eigenvalue weighted by Gasteiger charge is -2.27. The molecule has 4 nitrogen and oxygen atoms in total. The number of amides is 1. The Hall–Kier alpha value is -2.59. The first-order chi connectivity index (χ1) is 14.3. The van der Waals surface area contributed by atoms with Gasteiger partial charge in [-0.1, -0.05) is 48.9 Å². The highest BCUT2D eigenvalue weighted by atomic mass is 16.1. The van der Waals surface area contributed by atoms with Crippen LogP contribution in [0.5, 0.6) is 0 Å². The van der Waals surface area contributed by atoms with Crippen LogP contribution in [0.15, 0.2) is 54.7 Å². The second kappa shape index (κ2) is 9.75. The number of aromatic amines is 1. The Labute approximate surface area is 173 Å². The van der Waals surface area contributed by atoms with Gasteiger partial charge in [-0.2, -0.15) is 0 Å². The largest absolute Gasteiger partial charge is 0.361 e. The summed E-state index contributed by atoms with van der Waals surface area (Å²) in [6, 6.07) is 16.9. The van der Waals surface area contributed by atoms with Gasteiger partial charge in [0.15, 0.2) is 0 Å². The van der Waals surface area contributed by atoms with Gasteiger partial charge in [-0.15, -0.1) is 0 Å². The average Bonchev–Trinajstić information content (AvgIpc) is 3.17. The van der Waals surface area contributed by atoms with Crippen molar-refractivity contribution < 1.29 is 4.79 Å². The molecule has 3 aromatic rings. The number of para-hydroxylation sites is 1. The van der Waals surface area contributed by atoms with Crippen molar-refractivity contribution in [3.63, 3.8) is 0 Å². The molecule has 0 aliphatic carbocycles. The fourth-order valence-electron chi connectivity index (χ4n) is 4.30. The van der Waals surface area contributed by atoms with Crippen LogP contribution in [0.2, 0.25) is 0 Å². The number of piperidine rings is 1. The van der Waals surface area contributed by atoms with Gasteiger partial charge >= 0.3 is 0 Å². The lowest BCUT2D eigenvalue weighted by Crippen LogP contribution is -2.30. The van der Waals surface area contributed by atoms with Crippen LogP contribution in [0.4, 0.5) is 0 Å². The molecular formula is C25H31N3O. The summed E-state index contributed by atoms with van der Waals surface area (Å²) in [6.45, 7) is 3.99. The average molecular weight is 390 g/mol. The van der Waals surface area contributed by atoms with Crippen LogP contribution in [-0.4, -0.2) is 28.9 Å². The maximum Gasteiger partial charge on any atom is 0.220 e. The number of nitrogens with zero attached hydrogens (tertiary/aromatic N) is 1. The van der Waals surface area contributed by atoms with Crippen molar-refractivity contribution in [3.05, 3.63) is 71.4 Å². The van der Waals surface area contributed by atoms with E-state index in [9.17, 15) is 4.79 Å². The number of rotatable bonds is 8. The highest BCUT2D eigenvalue weighted by Crippen LogP contribution is 2.20. The van der Waals surface area contributed by atoms with Gasteiger partial charge in [-0.25, -0.2) is 0 Å². The summed E-state index contributed by atoms with van der Waals surface area (Å²) >= 11 is 0. The van der Waals surface area contributed by atoms with Crippen LogP contribution in [0, 0.1) is 0 Å². The van der Waals surface area contributed by atoms with E-state index < -0.39 is 0 Å². The number of hydrogen-bond acceptors (Lipinski definition) is 2. The van der Waals surface area contributed by atoms with Crippen LogP contribution >= 0.6 is 0 Å². The molecule has 1 fully saturated rings. The van der Waals surface area contributed by atoms with Crippen molar-refractivity contribution in [2.75, 3.05) is 13.1 Å². The van der Waals surface area contributed by atoms with E-state index in [2.05, 4.69) is 63.9 Å². The molecule has 1 amide bonds. The SMILES string of the molecule is O=C(CCCc1c[nH]c2ccccc12)NCc1ccccc1CN1CCCCC1. The molecule has 2 aromatic carbocycles. The van der Waals surface area contributed by atoms with Crippen LogP contribution in [0.1, 0.15) is 48.8 Å². The smallest absolute Gasteiger partial charge is 0.220 e. The Kier molecular flexibility index (Phi) is 6.63. The Morgan fingerprint density at radius 2 is 1.69 bits per heavy atom. The first-order valence-electron chi connectivity index (χ1n) is 10.9. The summed E-state index contributed by atoms with van der Waals surface area (Å²) in [5.41, 5.74) is 5.04. The van der Waals surface area contributed by atoms with E-state index >= 15 is 0 Å². The number of aromatic nitrogens is 1. The fraction of sp³-hybridized carbons (Fsp3) is 0.400. The maximum absolute atomic E-state index is 12.4. The zero-order valence-electron chi connectivity index (χ0n) is 17.1. The number of likely N-dealkylation sites (tertiary alicyclic amines) is 1. The number of nitrogens with one attached hydrogen (secondary N) is 2. The highest BCUT2D eigenvalue weighted by Gasteiger charge is 2.13. The van der Waals surface area contributed by atoms with Crippen molar-refractivity contribution in [3.8, 4) is 0 Å². The molecule has 0 spiro atoms. The molecule has 4 rings (SSSR count). The molecule has 0 radical (unpaired) electrons.